The molecule has 1 aromatic rings. The number of nitrogens with zero attached hydrogens (tertiary/aromatic N) is 1. The Morgan fingerprint density at radius 2 is 2.00 bits per heavy atom. The van der Waals surface area contributed by atoms with E-state index in [0.717, 1.165) is 49.7 Å². The molecule has 1 aromatic carbocycles. The number of nitriles is 1. The first kappa shape index (κ1) is 14.6. The quantitative estimate of drug-likeness (QED) is 0.857. The zero-order valence-corrected chi connectivity index (χ0v) is 12.1. The summed E-state index contributed by atoms with van der Waals surface area (Å²) in [5.74, 6) is -0.0425. The normalized spacial score (nSPS) is 17.8. The second-order valence-corrected chi connectivity index (χ2v) is 5.82. The number of aryl methyl sites for hydroxylation is 1. The Bertz CT molecular complexity index is 508. The van der Waals surface area contributed by atoms with E-state index in [1.54, 1.807) is 0 Å². The summed E-state index contributed by atoms with van der Waals surface area (Å²) < 4.78 is 0. The molecule has 3 heteroatoms. The first-order valence-corrected chi connectivity index (χ1v) is 7.41. The highest BCUT2D eigenvalue weighted by Crippen LogP contribution is 2.26. The molecule has 1 saturated carbocycles. The predicted molar refractivity (Wildman–Crippen MR) is 79.1 cm³/mol. The third kappa shape index (κ3) is 3.84. The van der Waals surface area contributed by atoms with Crippen molar-refractivity contribution in [3.05, 3.63) is 35.4 Å². The molecule has 0 aromatic heterocycles. The summed E-state index contributed by atoms with van der Waals surface area (Å²) in [6.45, 7) is 2.02. The van der Waals surface area contributed by atoms with Crippen LogP contribution < -0.4 is 5.32 Å². The molecule has 1 fully saturated rings. The average Bonchev–Trinajstić information content (AvgIpc) is 2.65. The van der Waals surface area contributed by atoms with Gasteiger partial charge in [0.1, 0.15) is 5.54 Å². The fraction of sp³-hybridized carbons (Fsp3) is 0.529. The molecule has 0 unspecified atom stereocenters. The minimum atomic E-state index is -0.641. The van der Waals surface area contributed by atoms with E-state index < -0.39 is 5.54 Å². The van der Waals surface area contributed by atoms with Gasteiger partial charge in [0.15, 0.2) is 0 Å². The molecule has 1 N–H and O–H groups in total. The van der Waals surface area contributed by atoms with E-state index in [0.29, 0.717) is 6.42 Å². The molecule has 3 nitrogen and oxygen atoms in total. The second kappa shape index (κ2) is 6.56. The smallest absolute Gasteiger partial charge is 0.225 e. The number of amides is 1. The molecule has 1 amide bonds. The largest absolute Gasteiger partial charge is 0.338 e. The first-order chi connectivity index (χ1) is 9.63. The average molecular weight is 270 g/mol. The Morgan fingerprint density at radius 3 is 2.60 bits per heavy atom. The first-order valence-electron chi connectivity index (χ1n) is 7.41. The van der Waals surface area contributed by atoms with Crippen molar-refractivity contribution in [1.82, 2.24) is 5.32 Å². The lowest BCUT2D eigenvalue weighted by Crippen LogP contribution is -2.47. The number of nitrogens with one attached hydrogen (secondary N) is 1. The summed E-state index contributed by atoms with van der Waals surface area (Å²) >= 11 is 0. The standard InChI is InChI=1S/C17H22N2O/c1-14-7-6-8-15(11-14)12-16(20)19-17(13-18)9-4-2-3-5-10-17/h6-8,11H,2-5,9-10,12H2,1H3,(H,19,20). The van der Waals surface area contributed by atoms with Crippen molar-refractivity contribution in [2.45, 2.75) is 57.4 Å². The van der Waals surface area contributed by atoms with E-state index in [2.05, 4.69) is 11.4 Å². The Hall–Kier alpha value is -1.82. The van der Waals surface area contributed by atoms with Gasteiger partial charge in [0, 0.05) is 0 Å². The van der Waals surface area contributed by atoms with Crippen LogP contribution in [0, 0.1) is 18.3 Å². The summed E-state index contributed by atoms with van der Waals surface area (Å²) in [6.07, 6.45) is 6.29. The van der Waals surface area contributed by atoms with E-state index in [-0.39, 0.29) is 5.91 Å². The van der Waals surface area contributed by atoms with Gasteiger partial charge >= 0.3 is 0 Å². The van der Waals surface area contributed by atoms with E-state index in [1.165, 1.54) is 0 Å². The maximum absolute atomic E-state index is 12.2. The van der Waals surface area contributed by atoms with E-state index in [4.69, 9.17) is 0 Å². The fourth-order valence-electron chi connectivity index (χ4n) is 2.92. The zero-order valence-electron chi connectivity index (χ0n) is 12.1. The van der Waals surface area contributed by atoms with Crippen molar-refractivity contribution in [2.75, 3.05) is 0 Å². The molecule has 0 atom stereocenters. The summed E-state index contributed by atoms with van der Waals surface area (Å²) in [5, 5.41) is 12.5. The number of rotatable bonds is 3. The van der Waals surface area contributed by atoms with Gasteiger partial charge in [-0.1, -0.05) is 55.5 Å². The molecule has 1 aliphatic rings. The van der Waals surface area contributed by atoms with Crippen molar-refractivity contribution >= 4 is 5.91 Å². The minimum Gasteiger partial charge on any atom is -0.338 e. The predicted octanol–water partition coefficient (Wildman–Crippen LogP) is 3.27. The lowest BCUT2D eigenvalue weighted by molar-refractivity contribution is -0.121. The van der Waals surface area contributed by atoms with Crippen molar-refractivity contribution in [3.63, 3.8) is 0 Å². The third-order valence-corrected chi connectivity index (χ3v) is 4.00. The molecule has 0 aliphatic heterocycles. The van der Waals surface area contributed by atoms with Gasteiger partial charge in [-0.3, -0.25) is 4.79 Å². The molecule has 0 spiro atoms. The van der Waals surface area contributed by atoms with Crippen LogP contribution >= 0.6 is 0 Å². The number of hydrogen-bond acceptors (Lipinski definition) is 2. The molecular formula is C17H22N2O. The van der Waals surface area contributed by atoms with Gasteiger partial charge in [0.25, 0.3) is 0 Å². The van der Waals surface area contributed by atoms with E-state index in [1.807, 2.05) is 31.2 Å². The monoisotopic (exact) mass is 270 g/mol. The lowest BCUT2D eigenvalue weighted by Gasteiger charge is -2.26. The summed E-state index contributed by atoms with van der Waals surface area (Å²) in [6, 6.07) is 10.3. The van der Waals surface area contributed by atoms with Crippen molar-refractivity contribution in [2.24, 2.45) is 0 Å². The molecule has 0 bridgehead atoms. The van der Waals surface area contributed by atoms with Gasteiger partial charge in [0.2, 0.25) is 5.91 Å². The van der Waals surface area contributed by atoms with Crippen LogP contribution in [0.3, 0.4) is 0 Å². The third-order valence-electron chi connectivity index (χ3n) is 4.00. The summed E-state index contributed by atoms with van der Waals surface area (Å²) in [5.41, 5.74) is 1.51. The molecule has 0 heterocycles. The second-order valence-electron chi connectivity index (χ2n) is 5.82. The Balaban J connectivity index is 2.00. The van der Waals surface area contributed by atoms with Crippen LogP contribution in [-0.4, -0.2) is 11.4 Å². The zero-order chi connectivity index (χ0) is 14.4. The van der Waals surface area contributed by atoms with Gasteiger partial charge in [-0.15, -0.1) is 0 Å². The number of carbonyl (C=O) groups excluding carboxylic acids is 1. The maximum Gasteiger partial charge on any atom is 0.225 e. The Morgan fingerprint density at radius 1 is 1.30 bits per heavy atom. The Labute approximate surface area is 121 Å². The highest BCUT2D eigenvalue weighted by Gasteiger charge is 2.32. The van der Waals surface area contributed by atoms with Gasteiger partial charge < -0.3 is 5.32 Å². The minimum absolute atomic E-state index is 0.0425. The van der Waals surface area contributed by atoms with Crippen LogP contribution in [-0.2, 0) is 11.2 Å². The van der Waals surface area contributed by atoms with Crippen LogP contribution in [0.4, 0.5) is 0 Å². The van der Waals surface area contributed by atoms with Crippen LogP contribution in [0.1, 0.15) is 49.7 Å². The van der Waals surface area contributed by atoms with E-state index in [9.17, 15) is 10.1 Å². The highest BCUT2D eigenvalue weighted by molar-refractivity contribution is 5.79. The highest BCUT2D eigenvalue weighted by atomic mass is 16.1. The van der Waals surface area contributed by atoms with Crippen LogP contribution in [0.15, 0.2) is 24.3 Å². The molecular weight excluding hydrogens is 248 g/mol. The molecule has 0 saturated heterocycles. The van der Waals surface area contributed by atoms with Crippen LogP contribution in [0.25, 0.3) is 0 Å². The number of carbonyl (C=O) groups is 1. The molecule has 106 valence electrons. The fourth-order valence-corrected chi connectivity index (χ4v) is 2.92. The SMILES string of the molecule is Cc1cccc(CC(=O)NC2(C#N)CCCCCC2)c1. The summed E-state index contributed by atoms with van der Waals surface area (Å²) in [7, 11) is 0. The molecule has 20 heavy (non-hydrogen) atoms. The van der Waals surface area contributed by atoms with E-state index >= 15 is 0 Å². The maximum atomic E-state index is 12.2. The molecule has 1 aliphatic carbocycles. The van der Waals surface area contributed by atoms with Crippen molar-refractivity contribution in [1.29, 1.82) is 5.26 Å². The number of benzene rings is 1. The summed E-state index contributed by atoms with van der Waals surface area (Å²) in [4.78, 5) is 12.2. The van der Waals surface area contributed by atoms with Gasteiger partial charge in [0.05, 0.1) is 12.5 Å². The van der Waals surface area contributed by atoms with Crippen LogP contribution in [0.2, 0.25) is 0 Å². The van der Waals surface area contributed by atoms with Crippen LogP contribution in [0.5, 0.6) is 0 Å². The molecule has 2 rings (SSSR count). The van der Waals surface area contributed by atoms with Crippen molar-refractivity contribution < 1.29 is 4.79 Å². The Kier molecular flexibility index (Phi) is 4.79. The molecule has 0 radical (unpaired) electrons. The van der Waals surface area contributed by atoms with Gasteiger partial charge in [-0.25, -0.2) is 0 Å². The topological polar surface area (TPSA) is 52.9 Å². The van der Waals surface area contributed by atoms with Crippen molar-refractivity contribution in [3.8, 4) is 6.07 Å². The van der Waals surface area contributed by atoms with Gasteiger partial charge in [-0.2, -0.15) is 5.26 Å². The number of hydrogen-bond donors (Lipinski definition) is 1. The lowest BCUT2D eigenvalue weighted by atomic mass is 9.91. The van der Waals surface area contributed by atoms with Gasteiger partial charge in [-0.05, 0) is 25.3 Å².